The zero-order valence-corrected chi connectivity index (χ0v) is 11.2. The van der Waals surface area contributed by atoms with Crippen molar-refractivity contribution in [3.8, 4) is 0 Å². The predicted octanol–water partition coefficient (Wildman–Crippen LogP) is 2.63. The fourth-order valence-corrected chi connectivity index (χ4v) is 2.47. The number of hydrogen-bond acceptors (Lipinski definition) is 2. The Labute approximate surface area is 109 Å². The van der Waals surface area contributed by atoms with Gasteiger partial charge in [0.25, 0.3) is 0 Å². The zero-order chi connectivity index (χ0) is 13.1. The van der Waals surface area contributed by atoms with Crippen LogP contribution < -0.4 is 5.73 Å². The Kier molecular flexibility index (Phi) is 3.90. The summed E-state index contributed by atoms with van der Waals surface area (Å²) in [6.07, 6.45) is 2.24. The first-order chi connectivity index (χ1) is 8.58. The number of nitrogen functional groups attached to an aromatic ring is 1. The van der Waals surface area contributed by atoms with Crippen LogP contribution in [0, 0.1) is 5.92 Å². The highest BCUT2D eigenvalue weighted by atomic mass is 16.2. The Hall–Kier alpha value is -1.51. The smallest absolute Gasteiger partial charge is 0.229 e. The molecule has 0 radical (unpaired) electrons. The second-order valence-electron chi connectivity index (χ2n) is 5.40. The van der Waals surface area contributed by atoms with E-state index in [9.17, 15) is 4.79 Å². The predicted molar refractivity (Wildman–Crippen MR) is 74.2 cm³/mol. The van der Waals surface area contributed by atoms with E-state index in [1.165, 1.54) is 0 Å². The van der Waals surface area contributed by atoms with Gasteiger partial charge in [-0.15, -0.1) is 0 Å². The van der Waals surface area contributed by atoms with Gasteiger partial charge in [0, 0.05) is 18.8 Å². The molecule has 1 aromatic carbocycles. The molecule has 2 rings (SSSR count). The summed E-state index contributed by atoms with van der Waals surface area (Å²) >= 11 is 0. The lowest BCUT2D eigenvalue weighted by molar-refractivity contribution is -0.133. The maximum absolute atomic E-state index is 12.4. The molecule has 18 heavy (non-hydrogen) atoms. The molecule has 0 spiro atoms. The van der Waals surface area contributed by atoms with Gasteiger partial charge < -0.3 is 10.6 Å². The molecule has 3 heteroatoms. The normalized spacial score (nSPS) is 18.7. The minimum atomic E-state index is -0.0955. The summed E-state index contributed by atoms with van der Waals surface area (Å²) in [5.74, 6) is 0.881. The average molecular weight is 246 g/mol. The maximum Gasteiger partial charge on any atom is 0.229 e. The van der Waals surface area contributed by atoms with E-state index in [0.29, 0.717) is 0 Å². The van der Waals surface area contributed by atoms with Crippen LogP contribution in [0.1, 0.15) is 38.2 Å². The number of rotatable bonds is 2. The van der Waals surface area contributed by atoms with E-state index >= 15 is 0 Å². The van der Waals surface area contributed by atoms with Crippen molar-refractivity contribution in [2.24, 2.45) is 5.92 Å². The van der Waals surface area contributed by atoms with Gasteiger partial charge in [-0.1, -0.05) is 19.1 Å². The molecular weight excluding hydrogens is 224 g/mol. The molecule has 1 saturated heterocycles. The van der Waals surface area contributed by atoms with E-state index < -0.39 is 0 Å². The van der Waals surface area contributed by atoms with E-state index in [0.717, 1.165) is 43.1 Å². The summed E-state index contributed by atoms with van der Waals surface area (Å²) in [6, 6.07) is 7.64. The highest BCUT2D eigenvalue weighted by molar-refractivity contribution is 5.83. The van der Waals surface area contributed by atoms with Crippen LogP contribution in [0.3, 0.4) is 0 Å². The van der Waals surface area contributed by atoms with Gasteiger partial charge in [-0.25, -0.2) is 0 Å². The van der Waals surface area contributed by atoms with Gasteiger partial charge >= 0.3 is 0 Å². The Morgan fingerprint density at radius 2 is 2.06 bits per heavy atom. The first kappa shape index (κ1) is 12.9. The quantitative estimate of drug-likeness (QED) is 0.815. The van der Waals surface area contributed by atoms with E-state index in [2.05, 4.69) is 6.92 Å². The summed E-state index contributed by atoms with van der Waals surface area (Å²) in [6.45, 7) is 6.01. The third-order valence-corrected chi connectivity index (χ3v) is 3.88. The van der Waals surface area contributed by atoms with Crippen LogP contribution in [-0.4, -0.2) is 23.9 Å². The van der Waals surface area contributed by atoms with Gasteiger partial charge in [0.2, 0.25) is 5.91 Å². The first-order valence-electron chi connectivity index (χ1n) is 6.72. The standard InChI is InChI=1S/C15H22N2O/c1-11-6-8-17(9-7-11)15(18)12(2)13-4-3-5-14(16)10-13/h3-5,10-12H,6-9,16H2,1-2H3. The molecule has 1 aliphatic heterocycles. The Bertz CT molecular complexity index is 422. The Morgan fingerprint density at radius 3 is 2.67 bits per heavy atom. The van der Waals surface area contributed by atoms with E-state index in [-0.39, 0.29) is 11.8 Å². The van der Waals surface area contributed by atoms with Gasteiger partial charge in [-0.3, -0.25) is 4.79 Å². The summed E-state index contributed by atoms with van der Waals surface area (Å²) < 4.78 is 0. The van der Waals surface area contributed by atoms with Crippen LogP contribution in [0.25, 0.3) is 0 Å². The van der Waals surface area contributed by atoms with Crippen molar-refractivity contribution < 1.29 is 4.79 Å². The maximum atomic E-state index is 12.4. The summed E-state index contributed by atoms with van der Waals surface area (Å²) in [5.41, 5.74) is 7.50. The van der Waals surface area contributed by atoms with Crippen molar-refractivity contribution >= 4 is 11.6 Å². The van der Waals surface area contributed by atoms with E-state index in [4.69, 9.17) is 5.73 Å². The monoisotopic (exact) mass is 246 g/mol. The van der Waals surface area contributed by atoms with Crippen LogP contribution in [0.2, 0.25) is 0 Å². The minimum Gasteiger partial charge on any atom is -0.399 e. The highest BCUT2D eigenvalue weighted by Gasteiger charge is 2.25. The first-order valence-corrected chi connectivity index (χ1v) is 6.72. The lowest BCUT2D eigenvalue weighted by Gasteiger charge is -2.32. The summed E-state index contributed by atoms with van der Waals surface area (Å²) in [4.78, 5) is 14.4. The molecule has 1 fully saturated rings. The molecule has 1 heterocycles. The molecule has 1 aliphatic rings. The number of nitrogens with zero attached hydrogens (tertiary/aromatic N) is 1. The van der Waals surface area contributed by atoms with Crippen LogP contribution in [0.5, 0.6) is 0 Å². The molecule has 0 aliphatic carbocycles. The van der Waals surface area contributed by atoms with Gasteiger partial charge in [0.1, 0.15) is 0 Å². The molecule has 1 unspecified atom stereocenters. The molecule has 0 saturated carbocycles. The van der Waals surface area contributed by atoms with Crippen LogP contribution >= 0.6 is 0 Å². The van der Waals surface area contributed by atoms with Crippen LogP contribution in [0.15, 0.2) is 24.3 Å². The molecule has 3 nitrogen and oxygen atoms in total. The summed E-state index contributed by atoms with van der Waals surface area (Å²) in [5, 5.41) is 0. The molecular formula is C15H22N2O. The number of likely N-dealkylation sites (tertiary alicyclic amines) is 1. The Balaban J connectivity index is 2.04. The number of piperidine rings is 1. The van der Waals surface area contributed by atoms with Crippen molar-refractivity contribution in [3.05, 3.63) is 29.8 Å². The molecule has 1 amide bonds. The molecule has 1 aromatic rings. The number of carbonyl (C=O) groups is 1. The fourth-order valence-electron chi connectivity index (χ4n) is 2.47. The second kappa shape index (κ2) is 5.42. The number of anilines is 1. The third-order valence-electron chi connectivity index (χ3n) is 3.88. The average Bonchev–Trinajstić information content (AvgIpc) is 2.38. The van der Waals surface area contributed by atoms with Gasteiger partial charge in [-0.05, 0) is 43.4 Å². The van der Waals surface area contributed by atoms with Crippen LogP contribution in [-0.2, 0) is 4.79 Å². The van der Waals surface area contributed by atoms with Crippen molar-refractivity contribution in [2.75, 3.05) is 18.8 Å². The number of amides is 1. The zero-order valence-electron chi connectivity index (χ0n) is 11.2. The highest BCUT2D eigenvalue weighted by Crippen LogP contribution is 2.23. The van der Waals surface area contributed by atoms with Gasteiger partial charge in [0.15, 0.2) is 0 Å². The number of hydrogen-bond donors (Lipinski definition) is 1. The number of carbonyl (C=O) groups excluding carboxylic acids is 1. The largest absolute Gasteiger partial charge is 0.399 e. The number of nitrogens with two attached hydrogens (primary N) is 1. The lowest BCUT2D eigenvalue weighted by Crippen LogP contribution is -2.40. The van der Waals surface area contributed by atoms with E-state index in [1.54, 1.807) is 0 Å². The SMILES string of the molecule is CC1CCN(C(=O)C(C)c2cccc(N)c2)CC1. The molecule has 0 aromatic heterocycles. The van der Waals surface area contributed by atoms with Crippen LogP contribution in [0.4, 0.5) is 5.69 Å². The van der Waals surface area contributed by atoms with Crippen molar-refractivity contribution in [2.45, 2.75) is 32.6 Å². The lowest BCUT2D eigenvalue weighted by atomic mass is 9.95. The second-order valence-corrected chi connectivity index (χ2v) is 5.40. The Morgan fingerprint density at radius 1 is 1.39 bits per heavy atom. The van der Waals surface area contributed by atoms with Crippen molar-refractivity contribution in [1.82, 2.24) is 4.90 Å². The van der Waals surface area contributed by atoms with Gasteiger partial charge in [0.05, 0.1) is 5.92 Å². The van der Waals surface area contributed by atoms with E-state index in [1.807, 2.05) is 36.1 Å². The fraction of sp³-hybridized carbons (Fsp3) is 0.533. The van der Waals surface area contributed by atoms with Crippen molar-refractivity contribution in [1.29, 1.82) is 0 Å². The molecule has 98 valence electrons. The van der Waals surface area contributed by atoms with Crippen molar-refractivity contribution in [3.63, 3.8) is 0 Å². The summed E-state index contributed by atoms with van der Waals surface area (Å²) in [7, 11) is 0. The molecule has 0 bridgehead atoms. The minimum absolute atomic E-state index is 0.0955. The topological polar surface area (TPSA) is 46.3 Å². The molecule has 1 atom stereocenters. The number of benzene rings is 1. The third kappa shape index (κ3) is 2.84. The van der Waals surface area contributed by atoms with Gasteiger partial charge in [-0.2, -0.15) is 0 Å². The molecule has 2 N–H and O–H groups in total.